The molecular formula is C14H30N4O2. The molecule has 0 aromatic carbocycles. The second-order valence-electron chi connectivity index (χ2n) is 5.80. The molecule has 2 atom stereocenters. The number of ether oxygens (including phenoxy) is 1. The molecule has 0 spiro atoms. The first kappa shape index (κ1) is 16.1. The lowest BCUT2D eigenvalue weighted by Crippen LogP contribution is -2.58. The van der Waals surface area contributed by atoms with Crippen molar-refractivity contribution in [2.45, 2.75) is 19.3 Å². The molecule has 2 aliphatic heterocycles. The van der Waals surface area contributed by atoms with Gasteiger partial charge in [0.25, 0.3) is 0 Å². The van der Waals surface area contributed by atoms with Crippen molar-refractivity contribution in [3.63, 3.8) is 0 Å². The molecule has 2 aliphatic rings. The average molecular weight is 286 g/mol. The molecule has 2 saturated heterocycles. The van der Waals surface area contributed by atoms with Gasteiger partial charge in [-0.15, -0.1) is 0 Å². The fourth-order valence-electron chi connectivity index (χ4n) is 2.98. The van der Waals surface area contributed by atoms with E-state index in [-0.39, 0.29) is 6.04 Å². The monoisotopic (exact) mass is 286 g/mol. The minimum atomic E-state index is -0.682. The van der Waals surface area contributed by atoms with E-state index in [1.54, 1.807) is 0 Å². The van der Waals surface area contributed by atoms with Crippen molar-refractivity contribution < 1.29 is 9.84 Å². The molecule has 2 rings (SSSR count). The predicted molar refractivity (Wildman–Crippen MR) is 79.8 cm³/mol. The third-order valence-electron chi connectivity index (χ3n) is 4.33. The summed E-state index contributed by atoms with van der Waals surface area (Å²) in [6, 6.07) is 0.0850. The summed E-state index contributed by atoms with van der Waals surface area (Å²) in [5, 5.41) is 13.7. The van der Waals surface area contributed by atoms with Gasteiger partial charge >= 0.3 is 0 Å². The van der Waals surface area contributed by atoms with Crippen LogP contribution in [0.2, 0.25) is 0 Å². The summed E-state index contributed by atoms with van der Waals surface area (Å²) >= 11 is 0. The molecule has 0 saturated carbocycles. The fraction of sp³-hybridized carbons (Fsp3) is 1.00. The van der Waals surface area contributed by atoms with Gasteiger partial charge in [0.2, 0.25) is 0 Å². The summed E-state index contributed by atoms with van der Waals surface area (Å²) in [4.78, 5) is 7.16. The number of rotatable bonds is 6. The Balaban J connectivity index is 1.92. The van der Waals surface area contributed by atoms with Gasteiger partial charge < -0.3 is 20.1 Å². The summed E-state index contributed by atoms with van der Waals surface area (Å²) in [6.45, 7) is 11.8. The molecule has 0 aromatic heterocycles. The predicted octanol–water partition coefficient (Wildman–Crippen LogP) is -1.14. The van der Waals surface area contributed by atoms with Gasteiger partial charge in [0.1, 0.15) is 0 Å². The third-order valence-corrected chi connectivity index (χ3v) is 4.33. The van der Waals surface area contributed by atoms with Crippen molar-refractivity contribution in [1.82, 2.24) is 20.0 Å². The van der Waals surface area contributed by atoms with Gasteiger partial charge in [-0.05, 0) is 14.0 Å². The number of aliphatic hydroxyl groups excluding tert-OH is 1. The molecule has 0 aromatic rings. The minimum absolute atomic E-state index is 0.0850. The smallest absolute Gasteiger partial charge is 0.171 e. The fourth-order valence-corrected chi connectivity index (χ4v) is 2.98. The first-order valence-corrected chi connectivity index (χ1v) is 7.86. The average Bonchev–Trinajstić information content (AvgIpc) is 2.47. The van der Waals surface area contributed by atoms with Crippen LogP contribution in [0.5, 0.6) is 0 Å². The molecule has 2 N–H and O–H groups in total. The largest absolute Gasteiger partial charge is 0.367 e. The maximum atomic E-state index is 10.3. The zero-order valence-corrected chi connectivity index (χ0v) is 12.9. The van der Waals surface area contributed by atoms with E-state index in [9.17, 15) is 5.11 Å². The lowest BCUT2D eigenvalue weighted by Gasteiger charge is -2.42. The molecule has 2 fully saturated rings. The van der Waals surface area contributed by atoms with Gasteiger partial charge in [0.15, 0.2) is 6.29 Å². The third kappa shape index (κ3) is 4.65. The zero-order valence-electron chi connectivity index (χ0n) is 12.9. The molecule has 2 unspecified atom stereocenters. The van der Waals surface area contributed by atoms with E-state index in [4.69, 9.17) is 4.74 Å². The first-order chi connectivity index (χ1) is 9.70. The van der Waals surface area contributed by atoms with Crippen LogP contribution in [0.4, 0.5) is 0 Å². The molecule has 0 aliphatic carbocycles. The number of piperazine rings is 2. The summed E-state index contributed by atoms with van der Waals surface area (Å²) in [5.41, 5.74) is 0. The number of nitrogens with one attached hydrogen (secondary N) is 1. The van der Waals surface area contributed by atoms with E-state index >= 15 is 0 Å². The van der Waals surface area contributed by atoms with Crippen LogP contribution in [0, 0.1) is 0 Å². The van der Waals surface area contributed by atoms with Gasteiger partial charge in [-0.1, -0.05) is 0 Å². The minimum Gasteiger partial charge on any atom is -0.367 e. The molecule has 2 heterocycles. The summed E-state index contributed by atoms with van der Waals surface area (Å²) < 4.78 is 5.48. The standard InChI is InChI=1S/C14H30N4O2/c1-3-20-14(19)13(12-17-6-4-15-5-7-17)18-10-8-16(2)9-11-18/h13-15,19H,3-12H2,1-2H3. The Hall–Kier alpha value is -0.240. The molecule has 6 nitrogen and oxygen atoms in total. The van der Waals surface area contributed by atoms with E-state index < -0.39 is 6.29 Å². The Morgan fingerprint density at radius 1 is 1.10 bits per heavy atom. The Morgan fingerprint density at radius 3 is 2.35 bits per heavy atom. The van der Waals surface area contributed by atoms with Gasteiger partial charge in [-0.2, -0.15) is 0 Å². The Labute approximate surface area is 122 Å². The summed E-state index contributed by atoms with van der Waals surface area (Å²) in [5.74, 6) is 0. The van der Waals surface area contributed by atoms with E-state index in [1.165, 1.54) is 0 Å². The molecule has 20 heavy (non-hydrogen) atoms. The Morgan fingerprint density at radius 2 is 1.75 bits per heavy atom. The quantitative estimate of drug-likeness (QED) is 0.602. The highest BCUT2D eigenvalue weighted by molar-refractivity contribution is 4.83. The Kier molecular flexibility index (Phi) is 6.67. The van der Waals surface area contributed by atoms with Gasteiger partial charge in [0.05, 0.1) is 6.04 Å². The number of hydrogen-bond donors (Lipinski definition) is 2. The number of hydrogen-bond acceptors (Lipinski definition) is 6. The van der Waals surface area contributed by atoms with E-state index in [0.29, 0.717) is 6.61 Å². The topological polar surface area (TPSA) is 51.2 Å². The normalized spacial score (nSPS) is 26.6. The highest BCUT2D eigenvalue weighted by Crippen LogP contribution is 2.12. The van der Waals surface area contributed by atoms with E-state index in [0.717, 1.165) is 58.9 Å². The van der Waals surface area contributed by atoms with Crippen molar-refractivity contribution >= 4 is 0 Å². The second-order valence-corrected chi connectivity index (χ2v) is 5.80. The maximum Gasteiger partial charge on any atom is 0.171 e. The van der Waals surface area contributed by atoms with Crippen molar-refractivity contribution in [3.05, 3.63) is 0 Å². The highest BCUT2D eigenvalue weighted by atomic mass is 16.6. The number of nitrogens with zero attached hydrogens (tertiary/aromatic N) is 3. The van der Waals surface area contributed by atoms with Crippen molar-refractivity contribution in [2.75, 3.05) is 72.6 Å². The molecule has 0 bridgehead atoms. The lowest BCUT2D eigenvalue weighted by molar-refractivity contribution is -0.150. The van der Waals surface area contributed by atoms with Gasteiger partial charge in [-0.3, -0.25) is 9.80 Å². The van der Waals surface area contributed by atoms with E-state index in [1.807, 2.05) is 6.92 Å². The van der Waals surface area contributed by atoms with Crippen LogP contribution >= 0.6 is 0 Å². The van der Waals surface area contributed by atoms with Crippen LogP contribution in [0.1, 0.15) is 6.92 Å². The molecule has 118 valence electrons. The van der Waals surface area contributed by atoms with Crippen LogP contribution in [-0.2, 0) is 4.74 Å². The van der Waals surface area contributed by atoms with Gasteiger partial charge in [0, 0.05) is 65.5 Å². The van der Waals surface area contributed by atoms with Crippen LogP contribution < -0.4 is 5.32 Å². The van der Waals surface area contributed by atoms with Crippen molar-refractivity contribution in [1.29, 1.82) is 0 Å². The SMILES string of the molecule is CCOC(O)C(CN1CCNCC1)N1CCN(C)CC1. The highest BCUT2D eigenvalue weighted by Gasteiger charge is 2.30. The zero-order chi connectivity index (χ0) is 14.4. The number of likely N-dealkylation sites (N-methyl/N-ethyl adjacent to an activating group) is 1. The maximum absolute atomic E-state index is 10.3. The van der Waals surface area contributed by atoms with Crippen molar-refractivity contribution in [2.24, 2.45) is 0 Å². The van der Waals surface area contributed by atoms with Crippen LogP contribution in [0.25, 0.3) is 0 Å². The molecular weight excluding hydrogens is 256 g/mol. The first-order valence-electron chi connectivity index (χ1n) is 7.86. The number of aliphatic hydroxyl groups is 1. The van der Waals surface area contributed by atoms with Gasteiger partial charge in [-0.25, -0.2) is 0 Å². The second kappa shape index (κ2) is 8.26. The summed E-state index contributed by atoms with van der Waals surface area (Å²) in [6.07, 6.45) is -0.682. The summed E-state index contributed by atoms with van der Waals surface area (Å²) in [7, 11) is 2.15. The van der Waals surface area contributed by atoms with Crippen LogP contribution in [0.3, 0.4) is 0 Å². The van der Waals surface area contributed by atoms with Crippen molar-refractivity contribution in [3.8, 4) is 0 Å². The van der Waals surface area contributed by atoms with Crippen LogP contribution in [0.15, 0.2) is 0 Å². The molecule has 0 amide bonds. The van der Waals surface area contributed by atoms with Crippen LogP contribution in [-0.4, -0.2) is 105 Å². The lowest BCUT2D eigenvalue weighted by atomic mass is 10.1. The van der Waals surface area contributed by atoms with E-state index in [2.05, 4.69) is 27.1 Å². The molecule has 0 radical (unpaired) electrons. The molecule has 6 heteroatoms. The Bertz CT molecular complexity index is 266.